The van der Waals surface area contributed by atoms with Gasteiger partial charge in [-0.1, -0.05) is 29.2 Å². The van der Waals surface area contributed by atoms with Crippen molar-refractivity contribution >= 4 is 58.2 Å². The predicted molar refractivity (Wildman–Crippen MR) is 107 cm³/mol. The van der Waals surface area contributed by atoms with Gasteiger partial charge in [-0.2, -0.15) is 5.10 Å². The van der Waals surface area contributed by atoms with Gasteiger partial charge in [-0.3, -0.25) is 9.89 Å². The molecular weight excluding hydrogens is 394 g/mol. The van der Waals surface area contributed by atoms with Gasteiger partial charge in [0.2, 0.25) is 5.91 Å². The Morgan fingerprint density at radius 1 is 1.36 bits per heavy atom. The largest absolute Gasteiger partial charge is 0.497 e. The van der Waals surface area contributed by atoms with Gasteiger partial charge in [0.1, 0.15) is 5.75 Å². The number of H-pyrrole nitrogens is 1. The molecule has 0 unspecified atom stereocenters. The molecule has 1 amide bonds. The Hall–Kier alpha value is -1.68. The molecule has 0 spiro atoms. The third-order valence-electron chi connectivity index (χ3n) is 3.32. The van der Waals surface area contributed by atoms with Crippen molar-refractivity contribution in [3.05, 3.63) is 50.6 Å². The molecule has 3 aromatic rings. The fraction of sp³-hybridized carbons (Fsp3) is 0.188. The molecule has 0 aliphatic rings. The number of thiophene rings is 1. The zero-order valence-electron chi connectivity index (χ0n) is 13.3. The first kappa shape index (κ1) is 18.1. The van der Waals surface area contributed by atoms with Gasteiger partial charge in [0.25, 0.3) is 0 Å². The molecule has 1 aromatic carbocycles. The molecule has 2 heterocycles. The summed E-state index contributed by atoms with van der Waals surface area (Å²) in [5.74, 6) is 1.08. The maximum absolute atomic E-state index is 12.8. The smallest absolute Gasteiger partial charge is 0.237 e. The molecule has 3 rings (SSSR count). The third kappa shape index (κ3) is 4.91. The first-order valence-electron chi connectivity index (χ1n) is 7.31. The van der Waals surface area contributed by atoms with Gasteiger partial charge in [0.05, 0.1) is 19.4 Å². The van der Waals surface area contributed by atoms with E-state index in [-0.39, 0.29) is 5.91 Å². The monoisotopic (exact) mass is 409 g/mol. The molecule has 130 valence electrons. The second-order valence-corrected chi connectivity index (χ2v) is 8.85. The van der Waals surface area contributed by atoms with Gasteiger partial charge in [-0.25, -0.2) is 0 Å². The first-order valence-corrected chi connectivity index (χ1v) is 10.4. The van der Waals surface area contributed by atoms with E-state index in [2.05, 4.69) is 10.2 Å². The Balaban J connectivity index is 1.76. The predicted octanol–water partition coefficient (Wildman–Crippen LogP) is 4.60. The Morgan fingerprint density at radius 2 is 2.16 bits per heavy atom. The number of carbonyl (C=O) groups is 1. The second-order valence-electron chi connectivity index (χ2n) is 4.92. The van der Waals surface area contributed by atoms with Crippen LogP contribution in [0.1, 0.15) is 4.88 Å². The van der Waals surface area contributed by atoms with E-state index in [1.807, 2.05) is 41.8 Å². The Labute approximate surface area is 162 Å². The molecule has 1 N–H and O–H groups in total. The topological polar surface area (TPSA) is 58.2 Å². The molecule has 0 atom stereocenters. The summed E-state index contributed by atoms with van der Waals surface area (Å²) in [5, 5.41) is 8.82. The van der Waals surface area contributed by atoms with Crippen molar-refractivity contribution in [3.8, 4) is 5.75 Å². The molecule has 0 bridgehead atoms. The summed E-state index contributed by atoms with van der Waals surface area (Å²) in [5.41, 5.74) is 0.842. The highest BCUT2D eigenvalue weighted by Gasteiger charge is 2.18. The molecule has 0 aliphatic heterocycles. The van der Waals surface area contributed by atoms with E-state index in [1.54, 1.807) is 23.3 Å². The van der Waals surface area contributed by atoms with E-state index in [1.165, 1.54) is 23.1 Å². The normalized spacial score (nSPS) is 10.6. The van der Waals surface area contributed by atoms with Crippen LogP contribution in [-0.2, 0) is 11.3 Å². The standard InChI is InChI=1S/C16H15N3O2S4/c1-21-12-6-4-11(5-7-12)19(9-13-3-2-8-23-13)14(20)10-24-16-18-17-15(22)25-16/h2-8H,9-10H2,1H3,(H,17,22). The summed E-state index contributed by atoms with van der Waals surface area (Å²) in [6.07, 6.45) is 0. The molecule has 0 saturated carbocycles. The first-order chi connectivity index (χ1) is 12.2. The van der Waals surface area contributed by atoms with E-state index in [0.29, 0.717) is 16.3 Å². The van der Waals surface area contributed by atoms with Gasteiger partial charge in [-0.15, -0.1) is 11.3 Å². The van der Waals surface area contributed by atoms with Crippen molar-refractivity contribution < 1.29 is 9.53 Å². The van der Waals surface area contributed by atoms with Crippen LogP contribution < -0.4 is 9.64 Å². The van der Waals surface area contributed by atoms with Crippen LogP contribution in [0.25, 0.3) is 0 Å². The van der Waals surface area contributed by atoms with Crippen LogP contribution in [-0.4, -0.2) is 29.0 Å². The quantitative estimate of drug-likeness (QED) is 0.457. The van der Waals surface area contributed by atoms with Crippen molar-refractivity contribution in [2.75, 3.05) is 17.8 Å². The molecule has 2 aromatic heterocycles. The average Bonchev–Trinajstić information content (AvgIpc) is 3.29. The number of ether oxygens (including phenoxy) is 1. The number of aromatic nitrogens is 2. The molecule has 25 heavy (non-hydrogen) atoms. The maximum atomic E-state index is 12.8. The van der Waals surface area contributed by atoms with Gasteiger partial charge >= 0.3 is 0 Å². The summed E-state index contributed by atoms with van der Waals surface area (Å²) in [7, 11) is 1.62. The lowest BCUT2D eigenvalue weighted by atomic mass is 10.2. The molecule has 9 heteroatoms. The molecular formula is C16H15N3O2S4. The van der Waals surface area contributed by atoms with Crippen LogP contribution in [0.15, 0.2) is 46.1 Å². The van der Waals surface area contributed by atoms with E-state index in [0.717, 1.165) is 20.7 Å². The third-order valence-corrected chi connectivity index (χ3v) is 6.39. The van der Waals surface area contributed by atoms with E-state index < -0.39 is 0 Å². The number of rotatable bonds is 7. The lowest BCUT2D eigenvalue weighted by Gasteiger charge is -2.22. The number of carbonyl (C=O) groups excluding carboxylic acids is 1. The minimum Gasteiger partial charge on any atom is -0.497 e. The minimum absolute atomic E-state index is 0.0182. The number of amides is 1. The van der Waals surface area contributed by atoms with Crippen LogP contribution in [0.3, 0.4) is 0 Å². The Kier molecular flexibility index (Phi) is 6.24. The van der Waals surface area contributed by atoms with Crippen molar-refractivity contribution in [2.24, 2.45) is 0 Å². The number of benzene rings is 1. The summed E-state index contributed by atoms with van der Waals surface area (Å²) in [4.78, 5) is 15.7. The zero-order valence-corrected chi connectivity index (χ0v) is 16.6. The summed E-state index contributed by atoms with van der Waals surface area (Å²) in [6.45, 7) is 0.541. The number of methoxy groups -OCH3 is 1. The van der Waals surface area contributed by atoms with Crippen LogP contribution in [0.5, 0.6) is 5.75 Å². The van der Waals surface area contributed by atoms with Crippen LogP contribution in [0.4, 0.5) is 5.69 Å². The second kappa shape index (κ2) is 8.61. The van der Waals surface area contributed by atoms with Gasteiger partial charge in [0, 0.05) is 10.6 Å². The molecule has 0 aliphatic carbocycles. The number of nitrogens with one attached hydrogen (secondary N) is 1. The highest BCUT2D eigenvalue weighted by atomic mass is 32.2. The number of aromatic amines is 1. The molecule has 0 radical (unpaired) electrons. The minimum atomic E-state index is 0.0182. The van der Waals surface area contributed by atoms with Crippen LogP contribution in [0, 0.1) is 3.95 Å². The molecule has 0 fully saturated rings. The van der Waals surface area contributed by atoms with Crippen molar-refractivity contribution in [1.82, 2.24) is 10.2 Å². The number of thioether (sulfide) groups is 1. The highest BCUT2D eigenvalue weighted by Crippen LogP contribution is 2.26. The number of nitrogens with zero attached hydrogens (tertiary/aromatic N) is 2. The Bertz CT molecular complexity index is 871. The van der Waals surface area contributed by atoms with Crippen LogP contribution in [0.2, 0.25) is 0 Å². The highest BCUT2D eigenvalue weighted by molar-refractivity contribution is 8.01. The summed E-state index contributed by atoms with van der Waals surface area (Å²) in [6, 6.07) is 11.5. The summed E-state index contributed by atoms with van der Waals surface area (Å²) < 4.78 is 6.58. The van der Waals surface area contributed by atoms with Gasteiger partial charge in [0.15, 0.2) is 8.29 Å². The van der Waals surface area contributed by atoms with Crippen molar-refractivity contribution in [3.63, 3.8) is 0 Å². The average molecular weight is 410 g/mol. The van der Waals surface area contributed by atoms with E-state index >= 15 is 0 Å². The molecule has 0 saturated heterocycles. The van der Waals surface area contributed by atoms with Gasteiger partial charge < -0.3 is 9.64 Å². The Morgan fingerprint density at radius 3 is 2.76 bits per heavy atom. The summed E-state index contributed by atoms with van der Waals surface area (Å²) >= 11 is 9.42. The van der Waals surface area contributed by atoms with E-state index in [4.69, 9.17) is 17.0 Å². The number of hydrogen-bond acceptors (Lipinski definition) is 7. The van der Waals surface area contributed by atoms with Crippen molar-refractivity contribution in [1.29, 1.82) is 0 Å². The van der Waals surface area contributed by atoms with Gasteiger partial charge in [-0.05, 0) is 47.9 Å². The zero-order chi connectivity index (χ0) is 17.6. The lowest BCUT2D eigenvalue weighted by Crippen LogP contribution is -2.31. The van der Waals surface area contributed by atoms with Crippen LogP contribution >= 0.6 is 46.7 Å². The number of hydrogen-bond donors (Lipinski definition) is 1. The maximum Gasteiger partial charge on any atom is 0.237 e. The van der Waals surface area contributed by atoms with Crippen molar-refractivity contribution in [2.45, 2.75) is 10.9 Å². The number of anilines is 1. The SMILES string of the molecule is COc1ccc(N(Cc2cccs2)C(=O)CSc2n[nH]c(=S)s2)cc1. The fourth-order valence-electron chi connectivity index (χ4n) is 2.12. The fourth-order valence-corrected chi connectivity index (χ4v) is 4.77. The van der Waals surface area contributed by atoms with E-state index in [9.17, 15) is 4.79 Å². The lowest BCUT2D eigenvalue weighted by molar-refractivity contribution is -0.116. The molecule has 5 nitrogen and oxygen atoms in total.